The van der Waals surface area contributed by atoms with Gasteiger partial charge in [-0.3, -0.25) is 9.78 Å². The summed E-state index contributed by atoms with van der Waals surface area (Å²) < 4.78 is 46.9. The predicted molar refractivity (Wildman–Crippen MR) is 137 cm³/mol. The molecule has 1 N–H and O–H groups in total. The van der Waals surface area contributed by atoms with Gasteiger partial charge in [0.25, 0.3) is 0 Å². The Balaban J connectivity index is 1.34. The number of benzene rings is 1. The average Bonchev–Trinajstić information content (AvgIpc) is 3.47. The number of carbonyl (C=O) groups is 1. The predicted octanol–water partition coefficient (Wildman–Crippen LogP) is 5.20. The number of nitrogens with one attached hydrogen (secondary N) is 1. The van der Waals surface area contributed by atoms with E-state index in [1.807, 2.05) is 38.1 Å². The van der Waals surface area contributed by atoms with Gasteiger partial charge < -0.3 is 14.6 Å². The van der Waals surface area contributed by atoms with E-state index in [4.69, 9.17) is 9.72 Å². The van der Waals surface area contributed by atoms with Crippen molar-refractivity contribution < 1.29 is 22.7 Å². The number of carbonyl (C=O) groups excluding carboxylic acids is 1. The van der Waals surface area contributed by atoms with E-state index in [1.165, 1.54) is 0 Å². The van der Waals surface area contributed by atoms with Gasteiger partial charge in [-0.15, -0.1) is 0 Å². The molecule has 0 spiro atoms. The molecule has 0 unspecified atom stereocenters. The van der Waals surface area contributed by atoms with Crippen LogP contribution in [-0.4, -0.2) is 43.6 Å². The maximum atomic E-state index is 13.4. The zero-order valence-electron chi connectivity index (χ0n) is 21.3. The lowest BCUT2D eigenvalue weighted by atomic mass is 10.0. The molecule has 0 aliphatic carbocycles. The smallest absolute Gasteiger partial charge is 0.377 e. The second kappa shape index (κ2) is 9.57. The zero-order valence-corrected chi connectivity index (χ0v) is 21.3. The highest BCUT2D eigenvalue weighted by molar-refractivity contribution is 5.98. The quantitative estimate of drug-likeness (QED) is 0.365. The number of ether oxygens (including phenoxy) is 1. The Hall–Kier alpha value is -4.12. The molecule has 39 heavy (non-hydrogen) atoms. The van der Waals surface area contributed by atoms with E-state index in [1.54, 1.807) is 22.9 Å². The van der Waals surface area contributed by atoms with Crippen LogP contribution in [0.4, 0.5) is 19.0 Å². The van der Waals surface area contributed by atoms with Crippen molar-refractivity contribution in [2.24, 2.45) is 0 Å². The van der Waals surface area contributed by atoms with Crippen molar-refractivity contribution in [3.63, 3.8) is 0 Å². The van der Waals surface area contributed by atoms with Gasteiger partial charge in [0.2, 0.25) is 5.91 Å². The van der Waals surface area contributed by atoms with E-state index >= 15 is 0 Å². The number of amides is 1. The first-order valence-electron chi connectivity index (χ1n) is 12.7. The SMILES string of the molecule is CC(C)c1ncccc1-c1nc(Cc2ccc(-c3nc(C(F)(F)F)cn3C3COC3)cc2)c2c(n1)NC(=O)C2. The van der Waals surface area contributed by atoms with Crippen LogP contribution in [0.15, 0.2) is 48.8 Å². The Morgan fingerprint density at radius 3 is 2.54 bits per heavy atom. The lowest BCUT2D eigenvalue weighted by Gasteiger charge is -2.28. The van der Waals surface area contributed by atoms with Gasteiger partial charge in [0.05, 0.1) is 37.1 Å². The Morgan fingerprint density at radius 2 is 1.87 bits per heavy atom. The Morgan fingerprint density at radius 1 is 1.10 bits per heavy atom. The normalized spacial score (nSPS) is 15.4. The summed E-state index contributed by atoms with van der Waals surface area (Å²) in [7, 11) is 0. The molecule has 1 amide bonds. The first-order chi connectivity index (χ1) is 18.7. The number of aromatic nitrogens is 5. The van der Waals surface area contributed by atoms with Crippen LogP contribution in [0.2, 0.25) is 0 Å². The van der Waals surface area contributed by atoms with Gasteiger partial charge in [-0.2, -0.15) is 13.2 Å². The van der Waals surface area contributed by atoms with Crippen LogP contribution in [0, 0.1) is 0 Å². The third-order valence-corrected chi connectivity index (χ3v) is 6.93. The number of hydrogen-bond donors (Lipinski definition) is 1. The summed E-state index contributed by atoms with van der Waals surface area (Å²) in [6.07, 6.45) is -1.14. The molecule has 6 rings (SSSR count). The van der Waals surface area contributed by atoms with E-state index in [-0.39, 0.29) is 30.1 Å². The highest BCUT2D eigenvalue weighted by Gasteiger charge is 2.37. The summed E-state index contributed by atoms with van der Waals surface area (Å²) in [4.78, 5) is 30.1. The summed E-state index contributed by atoms with van der Waals surface area (Å²) in [6.45, 7) is 4.79. The molecule has 0 bridgehead atoms. The maximum absolute atomic E-state index is 13.4. The highest BCUT2D eigenvalue weighted by Crippen LogP contribution is 2.35. The number of hydrogen-bond acceptors (Lipinski definition) is 6. The van der Waals surface area contributed by atoms with Gasteiger partial charge in [0.15, 0.2) is 11.5 Å². The summed E-state index contributed by atoms with van der Waals surface area (Å²) in [6, 6.07) is 10.8. The number of pyridine rings is 1. The van der Waals surface area contributed by atoms with E-state index < -0.39 is 11.9 Å². The summed E-state index contributed by atoms with van der Waals surface area (Å²) in [5.74, 6) is 1.25. The number of alkyl halides is 3. The van der Waals surface area contributed by atoms with E-state index in [2.05, 4.69) is 20.3 Å². The molecule has 0 saturated carbocycles. The van der Waals surface area contributed by atoms with Gasteiger partial charge in [0, 0.05) is 35.5 Å². The fourth-order valence-corrected chi connectivity index (χ4v) is 4.86. The molecular weight excluding hydrogens is 509 g/mol. The second-order valence-electron chi connectivity index (χ2n) is 10.1. The van der Waals surface area contributed by atoms with Gasteiger partial charge in [0.1, 0.15) is 11.6 Å². The number of fused-ring (bicyclic) bond motifs is 1. The average molecular weight is 535 g/mol. The van der Waals surface area contributed by atoms with Crippen LogP contribution in [0.25, 0.3) is 22.8 Å². The molecule has 200 valence electrons. The van der Waals surface area contributed by atoms with Gasteiger partial charge in [-0.1, -0.05) is 38.1 Å². The third-order valence-electron chi connectivity index (χ3n) is 6.93. The van der Waals surface area contributed by atoms with Gasteiger partial charge in [-0.25, -0.2) is 15.0 Å². The molecule has 11 heteroatoms. The monoisotopic (exact) mass is 534 g/mol. The number of imidazole rings is 1. The molecule has 1 saturated heterocycles. The van der Waals surface area contributed by atoms with Gasteiger partial charge >= 0.3 is 6.18 Å². The van der Waals surface area contributed by atoms with Crippen molar-refractivity contribution in [3.8, 4) is 22.8 Å². The summed E-state index contributed by atoms with van der Waals surface area (Å²) in [5.41, 5.74) is 3.67. The first-order valence-corrected chi connectivity index (χ1v) is 12.7. The molecule has 0 radical (unpaired) electrons. The molecule has 0 atom stereocenters. The summed E-state index contributed by atoms with van der Waals surface area (Å²) in [5, 5.41) is 2.83. The van der Waals surface area contributed by atoms with Crippen LogP contribution >= 0.6 is 0 Å². The minimum Gasteiger partial charge on any atom is -0.377 e. The van der Waals surface area contributed by atoms with Crippen molar-refractivity contribution in [2.75, 3.05) is 18.5 Å². The van der Waals surface area contributed by atoms with Crippen molar-refractivity contribution >= 4 is 11.7 Å². The number of anilines is 1. The highest BCUT2D eigenvalue weighted by atomic mass is 19.4. The third kappa shape index (κ3) is 4.78. The maximum Gasteiger partial charge on any atom is 0.434 e. The lowest BCUT2D eigenvalue weighted by Crippen LogP contribution is -2.30. The molecule has 1 aromatic carbocycles. The minimum atomic E-state index is -4.54. The zero-order chi connectivity index (χ0) is 27.3. The molecular formula is C28H25F3N6O2. The van der Waals surface area contributed by atoms with Crippen LogP contribution in [-0.2, 0) is 28.5 Å². The van der Waals surface area contributed by atoms with E-state index in [0.717, 1.165) is 28.6 Å². The standard InChI is InChI=1S/C28H25F3N6O2/c1-15(2)24-19(4-3-9-32-24)25-33-21(20-11-23(38)35-26(20)36-25)10-16-5-7-17(8-6-16)27-34-22(28(29,30)31)12-37(27)18-13-39-14-18/h3-9,12,15,18H,10-11,13-14H2,1-2H3,(H,33,35,36,38). The fourth-order valence-electron chi connectivity index (χ4n) is 4.86. The van der Waals surface area contributed by atoms with Crippen LogP contribution in [0.3, 0.4) is 0 Å². The molecule has 3 aromatic heterocycles. The molecule has 8 nitrogen and oxygen atoms in total. The largest absolute Gasteiger partial charge is 0.434 e. The molecule has 4 aromatic rings. The number of rotatable bonds is 6. The minimum absolute atomic E-state index is 0.143. The molecule has 5 heterocycles. The summed E-state index contributed by atoms with van der Waals surface area (Å²) >= 11 is 0. The van der Waals surface area contributed by atoms with E-state index in [0.29, 0.717) is 42.5 Å². The Kier molecular flexibility index (Phi) is 6.17. The number of halogens is 3. The fraction of sp³-hybridized carbons (Fsp3) is 0.321. The second-order valence-corrected chi connectivity index (χ2v) is 10.1. The van der Waals surface area contributed by atoms with Crippen molar-refractivity contribution in [1.82, 2.24) is 24.5 Å². The Labute approximate surface area is 222 Å². The van der Waals surface area contributed by atoms with Crippen molar-refractivity contribution in [1.29, 1.82) is 0 Å². The first kappa shape index (κ1) is 25.2. The van der Waals surface area contributed by atoms with E-state index in [9.17, 15) is 18.0 Å². The number of nitrogens with zero attached hydrogens (tertiary/aromatic N) is 5. The van der Waals surface area contributed by atoms with Crippen molar-refractivity contribution in [3.05, 3.63) is 77.0 Å². The lowest BCUT2D eigenvalue weighted by molar-refractivity contribution is -0.141. The van der Waals surface area contributed by atoms with Crippen LogP contribution in [0.5, 0.6) is 0 Å². The van der Waals surface area contributed by atoms with Crippen molar-refractivity contribution in [2.45, 2.75) is 44.8 Å². The molecule has 2 aliphatic heterocycles. The van der Waals surface area contributed by atoms with Crippen LogP contribution < -0.4 is 5.32 Å². The molecule has 1 fully saturated rings. The van der Waals surface area contributed by atoms with Crippen LogP contribution in [0.1, 0.15) is 54.0 Å². The topological polar surface area (TPSA) is 94.8 Å². The Bertz CT molecular complexity index is 1560. The molecule has 2 aliphatic rings. The van der Waals surface area contributed by atoms with Gasteiger partial charge in [-0.05, 0) is 23.6 Å².